The number of hydrogen-bond acceptors (Lipinski definition) is 7. The highest BCUT2D eigenvalue weighted by Gasteiger charge is 2.30. The number of methoxy groups -OCH3 is 1. The number of aryl methyl sites for hydroxylation is 1. The number of benzene rings is 1. The van der Waals surface area contributed by atoms with Gasteiger partial charge in [-0.25, -0.2) is 13.2 Å². The van der Waals surface area contributed by atoms with Crippen LogP contribution in [-0.2, 0) is 19.4 Å². The van der Waals surface area contributed by atoms with Gasteiger partial charge in [0.25, 0.3) is 0 Å². The van der Waals surface area contributed by atoms with Crippen LogP contribution in [-0.4, -0.2) is 27.8 Å². The summed E-state index contributed by atoms with van der Waals surface area (Å²) in [5.41, 5.74) is 1.22. The van der Waals surface area contributed by atoms with Crippen molar-refractivity contribution in [2.45, 2.75) is 11.8 Å². The van der Waals surface area contributed by atoms with E-state index >= 15 is 0 Å². The van der Waals surface area contributed by atoms with Crippen molar-refractivity contribution in [3.63, 3.8) is 0 Å². The molecule has 1 aliphatic heterocycles. The number of nitrogens with zero attached hydrogens (tertiary/aromatic N) is 1. The SMILES string of the molecule is COC(=O)C(/C(SC)=C(\C#N)S(=O)(=O)c1ccc(C)cc1)=C1/C=CC=CN1. The molecule has 0 atom stereocenters. The molecule has 140 valence electrons. The molecule has 8 heteroatoms. The van der Waals surface area contributed by atoms with Crippen molar-refractivity contribution >= 4 is 27.6 Å². The maximum atomic E-state index is 13.1. The standard InChI is InChI=1S/C19H18N2O4S2/c1-13-7-9-14(10-8-13)27(23,24)16(12-20)18(26-3)17(19(22)25-2)15-6-4-5-11-21-15/h4-11,21H,1-3H3/b17-15-,18-16-. The third-order valence-electron chi connectivity index (χ3n) is 3.71. The average Bonchev–Trinajstić information content (AvgIpc) is 2.68. The quantitative estimate of drug-likeness (QED) is 0.459. The van der Waals surface area contributed by atoms with Crippen LogP contribution in [0.4, 0.5) is 0 Å². The summed E-state index contributed by atoms with van der Waals surface area (Å²) in [6.45, 7) is 1.83. The maximum Gasteiger partial charge on any atom is 0.341 e. The fourth-order valence-corrected chi connectivity index (χ4v) is 4.76. The van der Waals surface area contributed by atoms with Crippen molar-refractivity contribution in [3.05, 3.63) is 75.3 Å². The lowest BCUT2D eigenvalue weighted by atomic mass is 10.1. The Morgan fingerprint density at radius 1 is 1.22 bits per heavy atom. The first-order valence-electron chi connectivity index (χ1n) is 7.79. The highest BCUT2D eigenvalue weighted by atomic mass is 32.2. The Labute approximate surface area is 162 Å². The van der Waals surface area contributed by atoms with Crippen LogP contribution in [0.1, 0.15) is 5.56 Å². The Balaban J connectivity index is 2.78. The van der Waals surface area contributed by atoms with Gasteiger partial charge in [0.1, 0.15) is 6.07 Å². The Kier molecular flexibility index (Phi) is 6.66. The number of nitrogens with one attached hydrogen (secondary N) is 1. The van der Waals surface area contributed by atoms with Crippen LogP contribution in [0.3, 0.4) is 0 Å². The zero-order chi connectivity index (χ0) is 20.0. The van der Waals surface area contributed by atoms with E-state index in [1.54, 1.807) is 48.9 Å². The smallest absolute Gasteiger partial charge is 0.341 e. The summed E-state index contributed by atoms with van der Waals surface area (Å²) in [4.78, 5) is 11.9. The highest BCUT2D eigenvalue weighted by Crippen LogP contribution is 2.34. The molecule has 0 unspecified atom stereocenters. The van der Waals surface area contributed by atoms with Gasteiger partial charge in [-0.3, -0.25) is 0 Å². The number of hydrogen-bond donors (Lipinski definition) is 1. The van der Waals surface area contributed by atoms with Gasteiger partial charge in [-0.15, -0.1) is 11.8 Å². The molecule has 1 N–H and O–H groups in total. The zero-order valence-corrected chi connectivity index (χ0v) is 16.6. The van der Waals surface area contributed by atoms with E-state index in [1.807, 2.05) is 6.92 Å². The molecule has 0 aromatic heterocycles. The highest BCUT2D eigenvalue weighted by molar-refractivity contribution is 8.04. The van der Waals surface area contributed by atoms with Crippen molar-refractivity contribution in [2.75, 3.05) is 13.4 Å². The molecular formula is C19H18N2O4S2. The van der Waals surface area contributed by atoms with Gasteiger partial charge in [-0.1, -0.05) is 23.8 Å². The second-order valence-electron chi connectivity index (χ2n) is 5.43. The third kappa shape index (κ3) is 4.32. The maximum absolute atomic E-state index is 13.1. The summed E-state index contributed by atoms with van der Waals surface area (Å²) in [5.74, 6) is -0.742. The number of carbonyl (C=O) groups excluding carboxylic acids is 1. The molecular weight excluding hydrogens is 384 g/mol. The lowest BCUT2D eigenvalue weighted by molar-refractivity contribution is -0.135. The van der Waals surface area contributed by atoms with Crippen molar-refractivity contribution < 1.29 is 17.9 Å². The molecule has 1 aliphatic rings. The first kappa shape index (κ1) is 20.6. The van der Waals surface area contributed by atoms with Gasteiger partial charge in [0.15, 0.2) is 4.91 Å². The topological polar surface area (TPSA) is 96.3 Å². The van der Waals surface area contributed by atoms with Crippen molar-refractivity contribution in [1.29, 1.82) is 5.26 Å². The van der Waals surface area contributed by atoms with Gasteiger partial charge in [0.05, 0.1) is 28.2 Å². The fraction of sp³-hybridized carbons (Fsp3) is 0.158. The van der Waals surface area contributed by atoms with Crippen LogP contribution in [0.2, 0.25) is 0 Å². The molecule has 1 aromatic carbocycles. The normalized spacial score (nSPS) is 16.1. The van der Waals surface area contributed by atoms with Crippen LogP contribution in [0.15, 0.2) is 74.7 Å². The fourth-order valence-electron chi connectivity index (χ4n) is 2.35. The number of carbonyl (C=O) groups is 1. The van der Waals surface area contributed by atoms with Crippen LogP contribution >= 0.6 is 11.8 Å². The number of nitriles is 1. The second-order valence-corrected chi connectivity index (χ2v) is 8.14. The molecule has 0 radical (unpaired) electrons. The molecule has 1 heterocycles. The molecule has 0 bridgehead atoms. The number of ether oxygens (including phenoxy) is 1. The number of sulfone groups is 1. The van der Waals surface area contributed by atoms with Gasteiger partial charge in [-0.05, 0) is 37.5 Å². The number of rotatable bonds is 5. The van der Waals surface area contributed by atoms with E-state index in [1.165, 1.54) is 19.2 Å². The number of esters is 1. The van der Waals surface area contributed by atoms with E-state index in [9.17, 15) is 18.5 Å². The minimum Gasteiger partial charge on any atom is -0.465 e. The third-order valence-corrected chi connectivity index (χ3v) is 6.38. The van der Waals surface area contributed by atoms with Gasteiger partial charge in [0.2, 0.25) is 9.84 Å². The summed E-state index contributed by atoms with van der Waals surface area (Å²) in [7, 11) is -2.92. The predicted molar refractivity (Wildman–Crippen MR) is 105 cm³/mol. The van der Waals surface area contributed by atoms with E-state index in [-0.39, 0.29) is 15.4 Å². The van der Waals surface area contributed by atoms with Crippen LogP contribution in [0.5, 0.6) is 0 Å². The second kappa shape index (κ2) is 8.75. The van der Waals surface area contributed by atoms with E-state index in [2.05, 4.69) is 5.32 Å². The van der Waals surface area contributed by atoms with E-state index in [4.69, 9.17) is 4.74 Å². The molecule has 0 amide bonds. The molecule has 0 fully saturated rings. The van der Waals surface area contributed by atoms with E-state index in [0.29, 0.717) is 5.70 Å². The monoisotopic (exact) mass is 402 g/mol. The van der Waals surface area contributed by atoms with Crippen molar-refractivity contribution in [1.82, 2.24) is 5.32 Å². The predicted octanol–water partition coefficient (Wildman–Crippen LogP) is 2.97. The number of allylic oxidation sites excluding steroid dienone is 4. The Hall–Kier alpha value is -2.76. The Morgan fingerprint density at radius 2 is 1.89 bits per heavy atom. The first-order valence-corrected chi connectivity index (χ1v) is 10.5. The van der Waals surface area contributed by atoms with Gasteiger partial charge in [-0.2, -0.15) is 5.26 Å². The Bertz CT molecular complexity index is 1010. The lowest BCUT2D eigenvalue weighted by Crippen LogP contribution is -2.18. The summed E-state index contributed by atoms with van der Waals surface area (Å²) < 4.78 is 30.9. The number of thioether (sulfide) groups is 1. The summed E-state index contributed by atoms with van der Waals surface area (Å²) in [6, 6.07) is 7.94. The van der Waals surface area contributed by atoms with Gasteiger partial charge in [0, 0.05) is 6.20 Å². The molecule has 27 heavy (non-hydrogen) atoms. The lowest BCUT2D eigenvalue weighted by Gasteiger charge is -2.16. The van der Waals surface area contributed by atoms with Crippen molar-refractivity contribution in [2.24, 2.45) is 0 Å². The molecule has 6 nitrogen and oxygen atoms in total. The Morgan fingerprint density at radius 3 is 2.37 bits per heavy atom. The zero-order valence-electron chi connectivity index (χ0n) is 15.0. The number of dihydropyridines is 1. The van der Waals surface area contributed by atoms with Crippen molar-refractivity contribution in [3.8, 4) is 6.07 Å². The van der Waals surface area contributed by atoms with Gasteiger partial charge < -0.3 is 10.1 Å². The molecule has 2 rings (SSSR count). The molecule has 0 saturated carbocycles. The van der Waals surface area contributed by atoms with Crippen LogP contribution in [0.25, 0.3) is 0 Å². The molecule has 0 saturated heterocycles. The summed E-state index contributed by atoms with van der Waals surface area (Å²) in [5, 5.41) is 12.5. The molecule has 0 spiro atoms. The first-order chi connectivity index (χ1) is 12.9. The largest absolute Gasteiger partial charge is 0.465 e. The summed E-state index contributed by atoms with van der Waals surface area (Å²) in [6.07, 6.45) is 8.21. The average molecular weight is 402 g/mol. The van der Waals surface area contributed by atoms with E-state index in [0.717, 1.165) is 17.3 Å². The minimum absolute atomic E-state index is 0.0159. The summed E-state index contributed by atoms with van der Waals surface area (Å²) >= 11 is 0.994. The van der Waals surface area contributed by atoms with Crippen LogP contribution < -0.4 is 5.32 Å². The van der Waals surface area contributed by atoms with E-state index < -0.39 is 20.7 Å². The molecule has 1 aromatic rings. The van der Waals surface area contributed by atoms with Gasteiger partial charge >= 0.3 is 5.97 Å². The van der Waals surface area contributed by atoms with Crippen LogP contribution in [0, 0.1) is 18.3 Å². The molecule has 0 aliphatic carbocycles. The minimum atomic E-state index is -4.12.